The molecule has 0 aliphatic heterocycles. The Morgan fingerprint density at radius 1 is 1.16 bits per heavy atom. The lowest BCUT2D eigenvalue weighted by molar-refractivity contribution is -0.113. The molecule has 12 heteroatoms. The summed E-state index contributed by atoms with van der Waals surface area (Å²) in [7, 11) is -4.16. The van der Waals surface area contributed by atoms with Gasteiger partial charge in [0.2, 0.25) is 5.91 Å². The van der Waals surface area contributed by atoms with Gasteiger partial charge in [-0.05, 0) is 25.5 Å². The predicted octanol–water partition coefficient (Wildman–Crippen LogP) is 3.90. The van der Waals surface area contributed by atoms with E-state index in [2.05, 4.69) is 25.7 Å². The van der Waals surface area contributed by atoms with Crippen LogP contribution in [0.1, 0.15) is 25.2 Å². The van der Waals surface area contributed by atoms with Gasteiger partial charge in [-0.3, -0.25) is 9.89 Å². The minimum Gasteiger partial charge on any atom is -0.360 e. The molecule has 3 heterocycles. The van der Waals surface area contributed by atoms with Crippen molar-refractivity contribution in [2.75, 3.05) is 11.1 Å². The molecule has 0 fully saturated rings. The number of fused-ring (bicyclic) bond motifs is 1. The van der Waals surface area contributed by atoms with Crippen LogP contribution >= 0.6 is 0 Å². The van der Waals surface area contributed by atoms with E-state index in [0.717, 1.165) is 12.3 Å². The molecule has 0 bridgehead atoms. The highest BCUT2D eigenvalue weighted by atomic mass is 32.2. The first-order valence-electron chi connectivity index (χ1n) is 9.53. The molecule has 0 spiro atoms. The number of sulfone groups is 1. The Morgan fingerprint density at radius 3 is 2.41 bits per heavy atom. The molecule has 9 nitrogen and oxygen atoms in total. The van der Waals surface area contributed by atoms with Crippen LogP contribution in [0.5, 0.6) is 0 Å². The first-order valence-corrected chi connectivity index (χ1v) is 11.2. The molecule has 0 saturated heterocycles. The molecule has 0 saturated carbocycles. The average molecular weight is 467 g/mol. The van der Waals surface area contributed by atoms with E-state index in [1.54, 1.807) is 13.1 Å². The Balaban J connectivity index is 0.000000387. The maximum Gasteiger partial charge on any atom is 0.241 e. The van der Waals surface area contributed by atoms with Gasteiger partial charge in [0, 0.05) is 24.5 Å². The number of carbonyl (C=O) groups excluding carboxylic acids is 1. The number of hydrogen-bond donors (Lipinski definition) is 3. The molecule has 4 rings (SSSR count). The number of amides is 1. The second-order valence-electron chi connectivity index (χ2n) is 6.37. The first kappa shape index (κ1) is 24.7. The number of H-pyrrole nitrogens is 2. The summed E-state index contributed by atoms with van der Waals surface area (Å²) in [5.41, 5.74) is 1.16. The number of carbonyl (C=O) groups is 1. The zero-order valence-corrected chi connectivity index (χ0v) is 18.7. The van der Waals surface area contributed by atoms with Gasteiger partial charge in [0.25, 0.3) is 0 Å². The number of aromatic nitrogens is 4. The smallest absolute Gasteiger partial charge is 0.241 e. The van der Waals surface area contributed by atoms with Crippen LogP contribution in [-0.4, -0.2) is 40.4 Å². The van der Waals surface area contributed by atoms with Crippen molar-refractivity contribution < 1.29 is 26.5 Å². The van der Waals surface area contributed by atoms with Crippen LogP contribution in [0, 0.1) is 25.5 Å². The number of hydrogen-bond acceptors (Lipinski definition) is 6. The van der Waals surface area contributed by atoms with Crippen molar-refractivity contribution in [1.82, 2.24) is 20.3 Å². The summed E-state index contributed by atoms with van der Waals surface area (Å²) in [6.07, 6.45) is 4.65. The fourth-order valence-electron chi connectivity index (χ4n) is 2.57. The van der Waals surface area contributed by atoms with Crippen LogP contribution in [0.2, 0.25) is 0 Å². The molecule has 1 amide bonds. The van der Waals surface area contributed by atoms with E-state index in [9.17, 15) is 22.0 Å². The fraction of sp³-hybridized carbons (Fsp3) is 0.250. The number of halogens is 2. The summed E-state index contributed by atoms with van der Waals surface area (Å²) >= 11 is 0. The maximum atomic E-state index is 13.9. The lowest BCUT2D eigenvalue weighted by Gasteiger charge is -2.04. The zero-order valence-electron chi connectivity index (χ0n) is 17.9. The van der Waals surface area contributed by atoms with Crippen molar-refractivity contribution in [3.05, 3.63) is 59.7 Å². The maximum absolute atomic E-state index is 13.9. The topological polar surface area (TPSA) is 134 Å². The molecule has 0 unspecified atom stereocenters. The third kappa shape index (κ3) is 6.23. The number of benzene rings is 1. The highest BCUT2D eigenvalue weighted by Crippen LogP contribution is 2.27. The molecular weight excluding hydrogens is 444 g/mol. The van der Waals surface area contributed by atoms with Crippen LogP contribution in [0.4, 0.5) is 14.6 Å². The highest BCUT2D eigenvalue weighted by molar-refractivity contribution is 7.92. The summed E-state index contributed by atoms with van der Waals surface area (Å²) in [4.78, 5) is 13.9. The molecule has 0 radical (unpaired) electrons. The lowest BCUT2D eigenvalue weighted by Crippen LogP contribution is -2.23. The summed E-state index contributed by atoms with van der Waals surface area (Å²) in [6.45, 7) is 7.59. The molecule has 3 N–H and O–H groups in total. The summed E-state index contributed by atoms with van der Waals surface area (Å²) in [6, 6.07) is 2.96. The molecular formula is C20H23F2N5O4S. The van der Waals surface area contributed by atoms with Crippen molar-refractivity contribution in [2.24, 2.45) is 0 Å². The number of rotatable bonds is 4. The van der Waals surface area contributed by atoms with E-state index in [1.165, 1.54) is 11.6 Å². The second kappa shape index (κ2) is 10.7. The number of anilines is 1. The first-order chi connectivity index (χ1) is 15.2. The van der Waals surface area contributed by atoms with Crippen LogP contribution in [0.3, 0.4) is 0 Å². The van der Waals surface area contributed by atoms with Gasteiger partial charge in [0.1, 0.15) is 23.1 Å². The summed E-state index contributed by atoms with van der Waals surface area (Å²) < 4.78 is 56.6. The van der Waals surface area contributed by atoms with Crippen molar-refractivity contribution >= 4 is 32.5 Å². The molecule has 172 valence electrons. The van der Waals surface area contributed by atoms with Crippen molar-refractivity contribution in [3.63, 3.8) is 0 Å². The van der Waals surface area contributed by atoms with Gasteiger partial charge < -0.3 is 14.8 Å². The van der Waals surface area contributed by atoms with Crippen LogP contribution < -0.4 is 5.32 Å². The third-order valence-corrected chi connectivity index (χ3v) is 5.48. The van der Waals surface area contributed by atoms with Crippen molar-refractivity contribution in [2.45, 2.75) is 32.6 Å². The van der Waals surface area contributed by atoms with E-state index in [-0.39, 0.29) is 16.7 Å². The van der Waals surface area contributed by atoms with Gasteiger partial charge in [0.15, 0.2) is 15.7 Å². The zero-order chi connectivity index (χ0) is 23.9. The Morgan fingerprint density at radius 2 is 1.88 bits per heavy atom. The van der Waals surface area contributed by atoms with Gasteiger partial charge in [0.05, 0.1) is 22.0 Å². The number of nitrogens with one attached hydrogen (secondary N) is 3. The van der Waals surface area contributed by atoms with Crippen LogP contribution in [0.25, 0.3) is 10.9 Å². The molecule has 4 aromatic rings. The van der Waals surface area contributed by atoms with Crippen molar-refractivity contribution in [3.8, 4) is 0 Å². The van der Waals surface area contributed by atoms with Crippen molar-refractivity contribution in [1.29, 1.82) is 0 Å². The molecule has 0 aliphatic carbocycles. The SMILES string of the molecule is CC.Cc1cc(NC(=O)CS(=O)(=O)c2c[nH]c3cc(F)cc(F)c23)no1.Cc1cn[nH]c1. The minimum atomic E-state index is -4.16. The highest BCUT2D eigenvalue weighted by Gasteiger charge is 2.25. The summed E-state index contributed by atoms with van der Waals surface area (Å²) in [5, 5.41) is 11.9. The molecule has 1 aromatic carbocycles. The average Bonchev–Trinajstić information content (AvgIpc) is 3.45. The Hall–Kier alpha value is -3.54. The number of nitrogens with zero attached hydrogens (tertiary/aromatic N) is 2. The predicted molar refractivity (Wildman–Crippen MR) is 115 cm³/mol. The van der Waals surface area contributed by atoms with Gasteiger partial charge in [-0.1, -0.05) is 19.0 Å². The third-order valence-electron chi connectivity index (χ3n) is 3.85. The van der Waals surface area contributed by atoms with E-state index in [4.69, 9.17) is 4.52 Å². The minimum absolute atomic E-state index is 0.0152. The lowest BCUT2D eigenvalue weighted by atomic mass is 10.2. The van der Waals surface area contributed by atoms with Gasteiger partial charge >= 0.3 is 0 Å². The Labute approximate surface area is 183 Å². The number of aromatic amines is 2. The monoisotopic (exact) mass is 467 g/mol. The quantitative estimate of drug-likeness (QED) is 0.417. The van der Waals surface area contributed by atoms with Gasteiger partial charge in [-0.2, -0.15) is 5.10 Å². The standard InChI is InChI=1S/C14H11F2N3O4S.C4H6N2.C2H6/c1-7-2-12(19-23-7)18-13(20)6-24(21,22)11-5-17-10-4-8(15)3-9(16)14(10)11;1-4-2-5-6-3-4;1-2/h2-5,17H,6H2,1H3,(H,18,19,20);2-3H,1H3,(H,5,6);1-2H3. The van der Waals surface area contributed by atoms with Crippen LogP contribution in [0.15, 0.2) is 46.2 Å². The largest absolute Gasteiger partial charge is 0.360 e. The van der Waals surface area contributed by atoms with E-state index >= 15 is 0 Å². The van der Waals surface area contributed by atoms with E-state index < -0.39 is 38.0 Å². The molecule has 0 aliphatic rings. The number of aryl methyl sites for hydroxylation is 2. The van der Waals surface area contributed by atoms with Gasteiger partial charge in [-0.15, -0.1) is 0 Å². The van der Waals surface area contributed by atoms with Gasteiger partial charge in [-0.25, -0.2) is 17.2 Å². The normalized spacial score (nSPS) is 10.7. The second-order valence-corrected chi connectivity index (χ2v) is 8.33. The molecule has 3 aromatic heterocycles. The molecule has 32 heavy (non-hydrogen) atoms. The summed E-state index contributed by atoms with van der Waals surface area (Å²) in [5.74, 6) is -3.15. The fourth-order valence-corrected chi connectivity index (χ4v) is 3.90. The Kier molecular flexibility index (Phi) is 8.24. The van der Waals surface area contributed by atoms with E-state index in [0.29, 0.717) is 11.8 Å². The molecule has 0 atom stereocenters. The Bertz CT molecular complexity index is 1280. The van der Waals surface area contributed by atoms with E-state index in [1.807, 2.05) is 27.0 Å². The van der Waals surface area contributed by atoms with Crippen LogP contribution in [-0.2, 0) is 14.6 Å².